The van der Waals surface area contributed by atoms with Gasteiger partial charge in [-0.05, 0) is 39.2 Å². The summed E-state index contributed by atoms with van der Waals surface area (Å²) in [5.41, 5.74) is 5.98. The number of nitrogens with two attached hydrogens (primary N) is 1. The van der Waals surface area contributed by atoms with Gasteiger partial charge < -0.3 is 11.1 Å². The molecular weight excluding hydrogens is 238 g/mol. The lowest BCUT2D eigenvalue weighted by atomic mass is 10.00. The third-order valence-corrected chi connectivity index (χ3v) is 3.14. The van der Waals surface area contributed by atoms with E-state index in [4.69, 9.17) is 5.73 Å². The van der Waals surface area contributed by atoms with Gasteiger partial charge in [0.15, 0.2) is 5.78 Å². The van der Waals surface area contributed by atoms with Crippen LogP contribution in [-0.2, 0) is 4.79 Å². The van der Waals surface area contributed by atoms with Crippen molar-refractivity contribution in [1.29, 1.82) is 0 Å². The Morgan fingerprint density at radius 1 is 1.47 bits per heavy atom. The van der Waals surface area contributed by atoms with E-state index in [1.807, 2.05) is 13.8 Å². The number of nitrogens with zero attached hydrogens (tertiary/aromatic N) is 1. The number of carbonyl (C=O) groups is 2. The van der Waals surface area contributed by atoms with Crippen LogP contribution in [0.1, 0.15) is 43.2 Å². The summed E-state index contributed by atoms with van der Waals surface area (Å²) >= 11 is 1.22. The second kappa shape index (κ2) is 4.83. The molecule has 0 unspecified atom stereocenters. The van der Waals surface area contributed by atoms with Crippen LogP contribution in [0.5, 0.6) is 0 Å². The summed E-state index contributed by atoms with van der Waals surface area (Å²) in [5, 5.41) is 3.85. The molecule has 5 nitrogen and oxygen atoms in total. The van der Waals surface area contributed by atoms with Crippen LogP contribution in [0.15, 0.2) is 0 Å². The maximum absolute atomic E-state index is 11.5. The molecular formula is C11H17N3O2S. The van der Waals surface area contributed by atoms with Crippen molar-refractivity contribution >= 4 is 28.2 Å². The number of anilines is 1. The van der Waals surface area contributed by atoms with Crippen molar-refractivity contribution in [2.24, 2.45) is 5.73 Å². The van der Waals surface area contributed by atoms with Gasteiger partial charge in [-0.2, -0.15) is 4.37 Å². The number of amides is 1. The van der Waals surface area contributed by atoms with Gasteiger partial charge in [0.2, 0.25) is 5.91 Å². The Morgan fingerprint density at radius 2 is 2.06 bits per heavy atom. The fraction of sp³-hybridized carbons (Fsp3) is 0.545. The lowest BCUT2D eigenvalue weighted by Crippen LogP contribution is -2.36. The molecule has 1 aromatic heterocycles. The van der Waals surface area contributed by atoms with E-state index in [1.165, 1.54) is 18.5 Å². The predicted molar refractivity (Wildman–Crippen MR) is 68.4 cm³/mol. The first-order chi connectivity index (χ1) is 7.73. The number of Topliss-reactive ketones (excluding diaryl/α,β-unsaturated/α-hetero) is 1. The number of hydrogen-bond acceptors (Lipinski definition) is 5. The summed E-state index contributed by atoms with van der Waals surface area (Å²) in [5.74, 6) is -0.415. The molecule has 94 valence electrons. The third-order valence-electron chi connectivity index (χ3n) is 2.28. The molecule has 0 radical (unpaired) electrons. The Labute approximate surface area is 105 Å². The Hall–Kier alpha value is -1.43. The van der Waals surface area contributed by atoms with Gasteiger partial charge in [0.05, 0.1) is 11.3 Å². The maximum Gasteiger partial charge on any atom is 0.219 e. The zero-order valence-corrected chi connectivity index (χ0v) is 11.3. The first kappa shape index (κ1) is 13.6. The van der Waals surface area contributed by atoms with Crippen LogP contribution in [0.25, 0.3) is 0 Å². The zero-order chi connectivity index (χ0) is 13.2. The van der Waals surface area contributed by atoms with Crippen molar-refractivity contribution in [3.05, 3.63) is 11.3 Å². The molecule has 0 atom stereocenters. The van der Waals surface area contributed by atoms with Crippen LogP contribution in [0.3, 0.4) is 0 Å². The van der Waals surface area contributed by atoms with E-state index in [2.05, 4.69) is 9.69 Å². The van der Waals surface area contributed by atoms with Gasteiger partial charge in [0.1, 0.15) is 5.00 Å². The molecule has 1 amide bonds. The first-order valence-corrected chi connectivity index (χ1v) is 6.04. The van der Waals surface area contributed by atoms with Crippen LogP contribution in [-0.4, -0.2) is 21.6 Å². The maximum atomic E-state index is 11.5. The lowest BCUT2D eigenvalue weighted by Gasteiger charge is -2.25. The average molecular weight is 255 g/mol. The highest BCUT2D eigenvalue weighted by molar-refractivity contribution is 7.10. The van der Waals surface area contributed by atoms with Crippen LogP contribution in [0.4, 0.5) is 5.00 Å². The molecule has 0 aliphatic heterocycles. The number of carbonyl (C=O) groups excluding carboxylic acids is 2. The summed E-state index contributed by atoms with van der Waals surface area (Å²) in [6, 6.07) is 0. The number of rotatable bonds is 5. The molecule has 0 aliphatic carbocycles. The quantitative estimate of drug-likeness (QED) is 0.784. The molecule has 0 saturated carbocycles. The van der Waals surface area contributed by atoms with Gasteiger partial charge in [-0.1, -0.05) is 0 Å². The summed E-state index contributed by atoms with van der Waals surface area (Å²) in [7, 11) is 0. The number of hydrogen-bond donors (Lipinski definition) is 2. The highest BCUT2D eigenvalue weighted by Crippen LogP contribution is 2.28. The number of aryl methyl sites for hydroxylation is 1. The van der Waals surface area contributed by atoms with Gasteiger partial charge in [-0.3, -0.25) is 9.59 Å². The number of nitrogens with one attached hydrogen (secondary N) is 1. The number of aromatic nitrogens is 1. The fourth-order valence-corrected chi connectivity index (χ4v) is 2.68. The van der Waals surface area contributed by atoms with Crippen molar-refractivity contribution in [1.82, 2.24) is 4.37 Å². The van der Waals surface area contributed by atoms with Gasteiger partial charge in [-0.25, -0.2) is 0 Å². The summed E-state index contributed by atoms with van der Waals surface area (Å²) in [6.07, 6.45) is 0.196. The van der Waals surface area contributed by atoms with Crippen molar-refractivity contribution in [2.45, 2.75) is 39.7 Å². The molecule has 0 spiro atoms. The number of primary amides is 1. The molecule has 0 saturated heterocycles. The fourth-order valence-electron chi connectivity index (χ4n) is 1.66. The molecule has 6 heteroatoms. The molecule has 1 heterocycles. The predicted octanol–water partition coefficient (Wildman–Crippen LogP) is 1.72. The Balaban J connectivity index is 2.95. The van der Waals surface area contributed by atoms with Crippen LogP contribution in [0, 0.1) is 6.92 Å². The Morgan fingerprint density at radius 3 is 2.53 bits per heavy atom. The minimum atomic E-state index is -0.491. The van der Waals surface area contributed by atoms with Crippen molar-refractivity contribution in [3.8, 4) is 0 Å². The van der Waals surface area contributed by atoms with Crippen LogP contribution >= 0.6 is 11.5 Å². The van der Waals surface area contributed by atoms with E-state index >= 15 is 0 Å². The second-order valence-electron chi connectivity index (χ2n) is 4.68. The Bertz CT molecular complexity index is 452. The molecule has 17 heavy (non-hydrogen) atoms. The molecule has 0 bridgehead atoms. The SMILES string of the molecule is CC(=O)c1c(C)nsc1NC(C)(C)CC(N)=O. The van der Waals surface area contributed by atoms with Crippen LogP contribution in [0.2, 0.25) is 0 Å². The standard InChI is InChI=1S/C11H17N3O2S/c1-6-9(7(2)15)10(17-14-6)13-11(3,4)5-8(12)16/h13H,5H2,1-4H3,(H2,12,16). The molecule has 0 fully saturated rings. The van der Waals surface area contributed by atoms with Crippen molar-refractivity contribution < 1.29 is 9.59 Å². The summed E-state index contributed by atoms with van der Waals surface area (Å²) < 4.78 is 4.14. The Kier molecular flexibility index (Phi) is 3.87. The third kappa shape index (κ3) is 3.52. The largest absolute Gasteiger partial charge is 0.370 e. The van der Waals surface area contributed by atoms with Gasteiger partial charge in [-0.15, -0.1) is 0 Å². The molecule has 1 aromatic rings. The van der Waals surface area contributed by atoms with E-state index in [9.17, 15) is 9.59 Å². The summed E-state index contributed by atoms with van der Waals surface area (Å²) in [6.45, 7) is 7.01. The number of ketones is 1. The molecule has 1 rings (SSSR count). The van der Waals surface area contributed by atoms with Crippen molar-refractivity contribution in [2.75, 3.05) is 5.32 Å². The van der Waals surface area contributed by atoms with E-state index < -0.39 is 5.54 Å². The highest BCUT2D eigenvalue weighted by atomic mass is 32.1. The lowest BCUT2D eigenvalue weighted by molar-refractivity contribution is -0.118. The van der Waals surface area contributed by atoms with Crippen molar-refractivity contribution in [3.63, 3.8) is 0 Å². The highest BCUT2D eigenvalue weighted by Gasteiger charge is 2.24. The second-order valence-corrected chi connectivity index (χ2v) is 5.45. The van der Waals surface area contributed by atoms with E-state index in [0.717, 1.165) is 0 Å². The van der Waals surface area contributed by atoms with E-state index in [-0.39, 0.29) is 18.1 Å². The molecule has 0 aliphatic rings. The average Bonchev–Trinajstić information content (AvgIpc) is 2.43. The van der Waals surface area contributed by atoms with E-state index in [1.54, 1.807) is 6.92 Å². The molecule has 3 N–H and O–H groups in total. The minimum Gasteiger partial charge on any atom is -0.370 e. The zero-order valence-electron chi connectivity index (χ0n) is 10.5. The normalized spacial score (nSPS) is 11.3. The summed E-state index contributed by atoms with van der Waals surface area (Å²) in [4.78, 5) is 22.4. The van der Waals surface area contributed by atoms with E-state index in [0.29, 0.717) is 16.3 Å². The first-order valence-electron chi connectivity index (χ1n) is 5.26. The van der Waals surface area contributed by atoms with Gasteiger partial charge in [0, 0.05) is 12.0 Å². The molecule has 0 aromatic carbocycles. The van der Waals surface area contributed by atoms with Crippen LogP contribution < -0.4 is 11.1 Å². The smallest absolute Gasteiger partial charge is 0.219 e. The topological polar surface area (TPSA) is 85.1 Å². The monoisotopic (exact) mass is 255 g/mol. The van der Waals surface area contributed by atoms with Gasteiger partial charge in [0.25, 0.3) is 0 Å². The van der Waals surface area contributed by atoms with Gasteiger partial charge >= 0.3 is 0 Å². The minimum absolute atomic E-state index is 0.0337.